The molecule has 0 radical (unpaired) electrons. The predicted molar refractivity (Wildman–Crippen MR) is 285 cm³/mol. The molecular formula is C52H88N2O39. The first-order valence-electron chi connectivity index (χ1n) is 29.9. The topological polar surface area (TPSA) is 642 Å². The van der Waals surface area contributed by atoms with E-state index < -0.39 is 297 Å². The number of ether oxygens (including phenoxy) is 15. The Morgan fingerprint density at radius 3 is 1.04 bits per heavy atom. The third kappa shape index (κ3) is 16.4. The van der Waals surface area contributed by atoms with E-state index in [2.05, 4.69) is 10.6 Å². The fourth-order valence-electron chi connectivity index (χ4n) is 12.1. The molecule has 8 aliphatic heterocycles. The zero-order valence-electron chi connectivity index (χ0n) is 50.1. The van der Waals surface area contributed by atoms with Crippen LogP contribution in [0.1, 0.15) is 27.7 Å². The van der Waals surface area contributed by atoms with Crippen molar-refractivity contribution >= 4 is 11.8 Å². The minimum atomic E-state index is -2.42. The molecule has 0 bridgehead atoms. The third-order valence-corrected chi connectivity index (χ3v) is 17.4. The molecule has 0 aliphatic carbocycles. The molecule has 0 aromatic heterocycles. The van der Waals surface area contributed by atoms with Crippen molar-refractivity contribution in [1.82, 2.24) is 10.6 Å². The number of aliphatic hydroxyl groups excluding tert-OH is 22. The van der Waals surface area contributed by atoms with Crippen LogP contribution in [0.5, 0.6) is 0 Å². The molecule has 8 rings (SSSR count). The van der Waals surface area contributed by atoms with Gasteiger partial charge in [0.25, 0.3) is 0 Å². The maximum atomic E-state index is 13.3. The van der Waals surface area contributed by atoms with E-state index in [0.717, 1.165) is 13.8 Å². The SMILES string of the molecule is CC(=O)NC1[C@@H](O[C@H]2[C@@H](O)[C@@H](CO[C@H]3O[C@@H](CO)[C@H](O[C@H]4O[C@@H](CO)[C@@H](O)[C@H](O)[C@H]4O)[C@H](O[C@H]4O[C@H](C)[C@H](O)[C@@H](O)[C@@H]4O)[C@H]3NC(C)=O)OC(O[C@H]3[C@@H](O)[C@H](O)[C@H](O)O[C@@H]3CO)[C@H]2O)O[C@H](CO)[C@@H](O[C@H]2O[C@@H](CO)[C@@H](O)[C@H](O)[C@H]2O)[C@H]1O[C@H]1O[C@H](C)[C@H](O)[C@@H](O)[C@@H]1O. The highest BCUT2D eigenvalue weighted by Gasteiger charge is 2.60. The Bertz CT molecular complexity index is 2350. The van der Waals surface area contributed by atoms with E-state index in [-0.39, 0.29) is 0 Å². The van der Waals surface area contributed by atoms with Gasteiger partial charge in [-0.1, -0.05) is 0 Å². The first kappa shape index (κ1) is 76.2. The highest BCUT2D eigenvalue weighted by atomic mass is 16.8. The van der Waals surface area contributed by atoms with Crippen molar-refractivity contribution in [1.29, 1.82) is 0 Å². The van der Waals surface area contributed by atoms with E-state index in [0.29, 0.717) is 0 Å². The lowest BCUT2D eigenvalue weighted by molar-refractivity contribution is -0.394. The van der Waals surface area contributed by atoms with Gasteiger partial charge in [0.05, 0.1) is 51.8 Å². The molecule has 93 heavy (non-hydrogen) atoms. The first-order chi connectivity index (χ1) is 43.9. The zero-order valence-corrected chi connectivity index (χ0v) is 50.1. The van der Waals surface area contributed by atoms with Gasteiger partial charge in [-0.3, -0.25) is 9.59 Å². The quantitative estimate of drug-likeness (QED) is 0.0479. The Balaban J connectivity index is 1.16. The molecule has 2 unspecified atom stereocenters. The maximum absolute atomic E-state index is 13.3. The summed E-state index contributed by atoms with van der Waals surface area (Å²) in [5.74, 6) is -1.88. The van der Waals surface area contributed by atoms with E-state index in [1.807, 2.05) is 0 Å². The van der Waals surface area contributed by atoms with Crippen LogP contribution in [0, 0.1) is 0 Å². The summed E-state index contributed by atoms with van der Waals surface area (Å²) in [6, 6.07) is -3.80. The highest BCUT2D eigenvalue weighted by molar-refractivity contribution is 5.73. The van der Waals surface area contributed by atoms with E-state index in [1.165, 1.54) is 13.8 Å². The van der Waals surface area contributed by atoms with Gasteiger partial charge < -0.3 is 194 Å². The molecule has 0 aromatic carbocycles. The summed E-state index contributed by atoms with van der Waals surface area (Å²) in [4.78, 5) is 26.5. The summed E-state index contributed by atoms with van der Waals surface area (Å²) in [7, 11) is 0. The molecule has 0 spiro atoms. The summed E-state index contributed by atoms with van der Waals surface area (Å²) in [6.07, 6.45) is -75.0. The monoisotopic (exact) mass is 1360 g/mol. The first-order valence-corrected chi connectivity index (χ1v) is 29.9. The van der Waals surface area contributed by atoms with Crippen molar-refractivity contribution in [2.24, 2.45) is 0 Å². The van der Waals surface area contributed by atoms with Crippen LogP contribution in [0.4, 0.5) is 0 Å². The predicted octanol–water partition coefficient (Wildman–Crippen LogP) is -16.1. The lowest BCUT2D eigenvalue weighted by Crippen LogP contribution is -2.71. The Morgan fingerprint density at radius 1 is 0.301 bits per heavy atom. The van der Waals surface area contributed by atoms with Crippen LogP contribution in [0.3, 0.4) is 0 Å². The molecule has 41 heteroatoms. The number of rotatable bonds is 22. The van der Waals surface area contributed by atoms with Crippen LogP contribution in [-0.4, -0.2) is 409 Å². The van der Waals surface area contributed by atoms with Crippen molar-refractivity contribution in [3.8, 4) is 0 Å². The summed E-state index contributed by atoms with van der Waals surface area (Å²) in [5, 5.41) is 244. The fourth-order valence-corrected chi connectivity index (χ4v) is 12.1. The second-order valence-corrected chi connectivity index (χ2v) is 23.9. The normalized spacial score (nSPS) is 51.6. The lowest BCUT2D eigenvalue weighted by Gasteiger charge is -2.52. The fraction of sp³-hybridized carbons (Fsp3) is 0.962. The number of hydrogen-bond acceptors (Lipinski definition) is 39. The Hall–Kier alpha value is -2.54. The van der Waals surface area contributed by atoms with Gasteiger partial charge in [0, 0.05) is 13.8 Å². The molecule has 40 atom stereocenters. The number of amides is 2. The van der Waals surface area contributed by atoms with Crippen LogP contribution in [-0.2, 0) is 80.6 Å². The smallest absolute Gasteiger partial charge is 0.217 e. The van der Waals surface area contributed by atoms with Crippen LogP contribution in [0.2, 0.25) is 0 Å². The summed E-state index contributed by atoms with van der Waals surface area (Å²) in [6.45, 7) is -1.86. The number of carbonyl (C=O) groups excluding carboxylic acids is 2. The highest BCUT2D eigenvalue weighted by Crippen LogP contribution is 2.39. The minimum absolute atomic E-state index is 0.912. The Kier molecular flexibility index (Phi) is 26.7. The van der Waals surface area contributed by atoms with Crippen LogP contribution < -0.4 is 10.6 Å². The molecule has 0 aromatic rings. The molecule has 540 valence electrons. The summed E-state index contributed by atoms with van der Waals surface area (Å²) in [5.41, 5.74) is 0. The largest absolute Gasteiger partial charge is 0.394 e. The average Bonchev–Trinajstić information content (AvgIpc) is 0.867. The van der Waals surface area contributed by atoms with Crippen LogP contribution in [0.25, 0.3) is 0 Å². The van der Waals surface area contributed by atoms with Gasteiger partial charge in [0.2, 0.25) is 11.8 Å². The molecule has 24 N–H and O–H groups in total. The third-order valence-electron chi connectivity index (χ3n) is 17.4. The molecule has 2 amide bonds. The van der Waals surface area contributed by atoms with E-state index in [1.54, 1.807) is 0 Å². The number of hydrogen-bond donors (Lipinski definition) is 24. The van der Waals surface area contributed by atoms with Crippen molar-refractivity contribution in [2.75, 3.05) is 39.6 Å². The molecular weight excluding hydrogens is 1280 g/mol. The molecule has 0 saturated carbocycles. The second kappa shape index (κ2) is 32.6. The molecule has 41 nitrogen and oxygen atoms in total. The van der Waals surface area contributed by atoms with E-state index in [4.69, 9.17) is 71.1 Å². The average molecular weight is 1370 g/mol. The molecule has 8 fully saturated rings. The lowest BCUT2D eigenvalue weighted by atomic mass is 9.93. The van der Waals surface area contributed by atoms with Crippen LogP contribution >= 0.6 is 0 Å². The molecule has 8 heterocycles. The Labute approximate surface area is 527 Å². The van der Waals surface area contributed by atoms with Gasteiger partial charge in [-0.15, -0.1) is 0 Å². The number of nitrogens with one attached hydrogen (secondary N) is 2. The molecule has 8 saturated heterocycles. The van der Waals surface area contributed by atoms with Gasteiger partial charge in [0.1, 0.15) is 183 Å². The van der Waals surface area contributed by atoms with Gasteiger partial charge in [-0.05, 0) is 13.8 Å². The standard InChI is InChI=1S/C52H88N2O39/c1-11-23(62)28(67)34(73)48(80-11)91-42-21(53-13(3)60)46(85-18(8-58)40(42)89-50-36(75)30(69)25(64)15(5-55)83-50)79-10-20-27(66)44(38(77)52(87-20)88-39-17(7-57)82-45(78)33(72)32(39)71)93-47-22(54-14(4)61)43(92-49-35(74)29(68)24(63)12(2)81-49)41(19(9-59)86-47)90-51-37(76)31(70)26(65)16(6-56)84-51/h11-12,15-52,55-59,62-78H,5-10H2,1-4H3,(H,53,60)(H,54,61)/t11-,12-,15+,16+,17-,18+,19-,20-,21-,22?,23+,24+,25-,26-,27+,28-,29-,30+,31+,32+,33+,34+,35+,36-,37-,38+,39-,40+,41-,42-,43+,44+,45-,46+,47-,48-,49-,50-,51-,52?/m1/s1. The zero-order chi connectivity index (χ0) is 68.5. The van der Waals surface area contributed by atoms with E-state index >= 15 is 0 Å². The van der Waals surface area contributed by atoms with Crippen molar-refractivity contribution in [3.63, 3.8) is 0 Å². The summed E-state index contributed by atoms with van der Waals surface area (Å²) < 4.78 is 89.1. The van der Waals surface area contributed by atoms with Crippen molar-refractivity contribution < 1.29 is 193 Å². The second-order valence-electron chi connectivity index (χ2n) is 23.9. The van der Waals surface area contributed by atoms with Gasteiger partial charge >= 0.3 is 0 Å². The summed E-state index contributed by atoms with van der Waals surface area (Å²) >= 11 is 0. The van der Waals surface area contributed by atoms with Gasteiger partial charge in [-0.2, -0.15) is 0 Å². The van der Waals surface area contributed by atoms with Crippen molar-refractivity contribution in [2.45, 2.75) is 273 Å². The van der Waals surface area contributed by atoms with Gasteiger partial charge in [-0.25, -0.2) is 0 Å². The number of aliphatic hydroxyl groups is 22. The van der Waals surface area contributed by atoms with Crippen molar-refractivity contribution in [3.05, 3.63) is 0 Å². The minimum Gasteiger partial charge on any atom is -0.394 e. The maximum Gasteiger partial charge on any atom is 0.217 e. The molecule has 8 aliphatic rings. The van der Waals surface area contributed by atoms with Gasteiger partial charge in [0.15, 0.2) is 50.3 Å². The number of carbonyl (C=O) groups is 2. The Morgan fingerprint density at radius 2 is 0.624 bits per heavy atom. The van der Waals surface area contributed by atoms with Crippen LogP contribution in [0.15, 0.2) is 0 Å². The van der Waals surface area contributed by atoms with E-state index in [9.17, 15) is 122 Å².